The van der Waals surface area contributed by atoms with Gasteiger partial charge in [0.15, 0.2) is 0 Å². The Morgan fingerprint density at radius 2 is 1.71 bits per heavy atom. The molecule has 1 saturated carbocycles. The molecule has 0 spiro atoms. The number of rotatable bonds is 11. The van der Waals surface area contributed by atoms with E-state index in [1.807, 2.05) is 36.4 Å². The van der Waals surface area contributed by atoms with Crippen LogP contribution < -0.4 is 5.32 Å². The van der Waals surface area contributed by atoms with Gasteiger partial charge >= 0.3 is 0 Å². The fourth-order valence-corrected chi connectivity index (χ4v) is 6.10. The first-order valence-electron chi connectivity index (χ1n) is 13.2. The molecular formula is C31H34Cl2N2O2S. The van der Waals surface area contributed by atoms with Crippen LogP contribution in [-0.4, -0.2) is 34.6 Å². The average Bonchev–Trinajstić information content (AvgIpc) is 3.42. The predicted octanol–water partition coefficient (Wildman–Crippen LogP) is 7.48. The van der Waals surface area contributed by atoms with E-state index in [1.54, 1.807) is 28.8 Å². The smallest absolute Gasteiger partial charge is 0.243 e. The first kappa shape index (κ1) is 28.5. The zero-order valence-corrected chi connectivity index (χ0v) is 24.0. The highest BCUT2D eigenvalue weighted by Crippen LogP contribution is 2.26. The lowest BCUT2D eigenvalue weighted by molar-refractivity contribution is -0.141. The molecule has 1 aliphatic carbocycles. The van der Waals surface area contributed by atoms with Gasteiger partial charge in [-0.2, -0.15) is 0 Å². The van der Waals surface area contributed by atoms with Crippen molar-refractivity contribution >= 4 is 46.8 Å². The lowest BCUT2D eigenvalue weighted by Crippen LogP contribution is -2.52. The van der Waals surface area contributed by atoms with Crippen LogP contribution in [0.25, 0.3) is 0 Å². The maximum Gasteiger partial charge on any atom is 0.243 e. The highest BCUT2D eigenvalue weighted by atomic mass is 35.5. The minimum Gasteiger partial charge on any atom is -0.352 e. The van der Waals surface area contributed by atoms with Crippen LogP contribution in [0.2, 0.25) is 10.0 Å². The van der Waals surface area contributed by atoms with E-state index >= 15 is 0 Å². The summed E-state index contributed by atoms with van der Waals surface area (Å²) in [6.07, 6.45) is 4.94. The van der Waals surface area contributed by atoms with Crippen LogP contribution in [0.4, 0.5) is 0 Å². The zero-order valence-electron chi connectivity index (χ0n) is 21.7. The Morgan fingerprint density at radius 3 is 2.39 bits per heavy atom. The molecule has 0 heterocycles. The average molecular weight is 570 g/mol. The van der Waals surface area contributed by atoms with Gasteiger partial charge in [-0.05, 0) is 55.2 Å². The zero-order chi connectivity index (χ0) is 26.9. The molecule has 0 radical (unpaired) electrons. The molecular weight excluding hydrogens is 535 g/mol. The highest BCUT2D eigenvalue weighted by Gasteiger charge is 2.32. The van der Waals surface area contributed by atoms with Gasteiger partial charge in [0.2, 0.25) is 11.8 Å². The predicted molar refractivity (Wildman–Crippen MR) is 158 cm³/mol. The molecule has 4 nitrogen and oxygen atoms in total. The Morgan fingerprint density at radius 1 is 1.00 bits per heavy atom. The number of thioether (sulfide) groups is 1. The Kier molecular flexibility index (Phi) is 10.6. The van der Waals surface area contributed by atoms with E-state index in [0.717, 1.165) is 41.7 Å². The number of carbonyl (C=O) groups excluding carboxylic acids is 2. The van der Waals surface area contributed by atoms with Gasteiger partial charge in [-0.15, -0.1) is 11.8 Å². The van der Waals surface area contributed by atoms with Crippen molar-refractivity contribution < 1.29 is 9.59 Å². The van der Waals surface area contributed by atoms with Gasteiger partial charge in [0.1, 0.15) is 6.04 Å². The van der Waals surface area contributed by atoms with Crippen molar-refractivity contribution in [3.63, 3.8) is 0 Å². The highest BCUT2D eigenvalue weighted by molar-refractivity contribution is 7.99. The van der Waals surface area contributed by atoms with E-state index in [4.69, 9.17) is 23.2 Å². The number of aryl methyl sites for hydroxylation is 1. The van der Waals surface area contributed by atoms with E-state index in [2.05, 4.69) is 36.5 Å². The molecule has 1 atom stereocenters. The van der Waals surface area contributed by atoms with Gasteiger partial charge < -0.3 is 10.2 Å². The molecule has 200 valence electrons. The van der Waals surface area contributed by atoms with E-state index in [9.17, 15) is 9.59 Å². The molecule has 0 saturated heterocycles. The van der Waals surface area contributed by atoms with Crippen molar-refractivity contribution in [3.8, 4) is 0 Å². The summed E-state index contributed by atoms with van der Waals surface area (Å²) in [6, 6.07) is 23.0. The molecule has 2 amide bonds. The van der Waals surface area contributed by atoms with Crippen molar-refractivity contribution in [2.45, 2.75) is 69.0 Å². The molecule has 1 aliphatic rings. The third-order valence-corrected chi connectivity index (χ3v) is 8.53. The molecule has 0 aliphatic heterocycles. The van der Waals surface area contributed by atoms with Crippen LogP contribution in [0.1, 0.15) is 48.8 Å². The largest absolute Gasteiger partial charge is 0.352 e. The Bertz CT molecular complexity index is 1210. The summed E-state index contributed by atoms with van der Waals surface area (Å²) in [5.41, 5.74) is 2.98. The van der Waals surface area contributed by atoms with Crippen LogP contribution in [0, 0.1) is 6.92 Å². The molecule has 4 rings (SSSR count). The summed E-state index contributed by atoms with van der Waals surface area (Å²) >= 11 is 14.3. The first-order valence-corrected chi connectivity index (χ1v) is 14.9. The quantitative estimate of drug-likeness (QED) is 0.244. The molecule has 0 aromatic heterocycles. The minimum absolute atomic E-state index is 0.0712. The second-order valence-electron chi connectivity index (χ2n) is 9.86. The van der Waals surface area contributed by atoms with Crippen molar-refractivity contribution in [2.75, 3.05) is 5.75 Å². The third-order valence-electron chi connectivity index (χ3n) is 6.93. The number of nitrogens with zero attached hydrogens (tertiary/aromatic N) is 1. The van der Waals surface area contributed by atoms with Crippen LogP contribution in [0.5, 0.6) is 0 Å². The van der Waals surface area contributed by atoms with Gasteiger partial charge in [0, 0.05) is 46.1 Å². The second kappa shape index (κ2) is 14.1. The Balaban J connectivity index is 1.58. The molecule has 7 heteroatoms. The van der Waals surface area contributed by atoms with E-state index < -0.39 is 6.04 Å². The number of amides is 2. The lowest BCUT2D eigenvalue weighted by atomic mass is 10.0. The first-order chi connectivity index (χ1) is 18.4. The van der Waals surface area contributed by atoms with E-state index in [-0.39, 0.29) is 24.4 Å². The number of hydrogen-bond acceptors (Lipinski definition) is 3. The van der Waals surface area contributed by atoms with Gasteiger partial charge in [0.25, 0.3) is 0 Å². The van der Waals surface area contributed by atoms with Crippen molar-refractivity contribution in [3.05, 3.63) is 99.5 Å². The summed E-state index contributed by atoms with van der Waals surface area (Å²) < 4.78 is 0. The van der Waals surface area contributed by atoms with E-state index in [0.29, 0.717) is 28.6 Å². The number of benzene rings is 3. The summed E-state index contributed by atoms with van der Waals surface area (Å²) in [5, 5.41) is 4.26. The molecule has 0 bridgehead atoms. The van der Waals surface area contributed by atoms with Gasteiger partial charge in [-0.25, -0.2) is 0 Å². The van der Waals surface area contributed by atoms with Gasteiger partial charge in [-0.3, -0.25) is 9.59 Å². The maximum absolute atomic E-state index is 13.8. The summed E-state index contributed by atoms with van der Waals surface area (Å²) in [6.45, 7) is 2.29. The summed E-state index contributed by atoms with van der Waals surface area (Å²) in [7, 11) is 0. The number of halogens is 2. The molecule has 3 aromatic carbocycles. The summed E-state index contributed by atoms with van der Waals surface area (Å²) in [5.74, 6) is 0.443. The minimum atomic E-state index is -0.651. The summed E-state index contributed by atoms with van der Waals surface area (Å²) in [4.78, 5) is 30.4. The van der Waals surface area contributed by atoms with E-state index in [1.165, 1.54) is 5.56 Å². The molecule has 1 N–H and O–H groups in total. The van der Waals surface area contributed by atoms with Crippen molar-refractivity contribution in [2.24, 2.45) is 0 Å². The number of carbonyl (C=O) groups is 2. The SMILES string of the molecule is Cc1ccc(SCCC(=O)N(Cc2ccc(Cl)cc2Cl)C(Cc2ccccc2)C(=O)NC2CCCC2)cc1. The van der Waals surface area contributed by atoms with Crippen LogP contribution in [0.15, 0.2) is 77.7 Å². The fourth-order valence-electron chi connectivity index (χ4n) is 4.79. The standard InChI is InChI=1S/C31H34Cl2N2O2S/c1-22-11-15-27(16-12-22)38-18-17-30(36)35(21-24-13-14-25(32)20-28(24)33)29(19-23-7-3-2-4-8-23)31(37)34-26-9-5-6-10-26/h2-4,7-8,11-16,20,26,29H,5-6,9-10,17-19,21H2,1H3,(H,34,37). The fraction of sp³-hybridized carbons (Fsp3) is 0.355. The number of hydrogen-bond donors (Lipinski definition) is 1. The van der Waals surface area contributed by atoms with Crippen LogP contribution in [0.3, 0.4) is 0 Å². The van der Waals surface area contributed by atoms with Gasteiger partial charge in [0.05, 0.1) is 0 Å². The van der Waals surface area contributed by atoms with Crippen molar-refractivity contribution in [1.82, 2.24) is 10.2 Å². The maximum atomic E-state index is 13.8. The molecule has 1 fully saturated rings. The normalized spacial score (nSPS) is 14.3. The van der Waals surface area contributed by atoms with Crippen LogP contribution in [-0.2, 0) is 22.6 Å². The van der Waals surface area contributed by atoms with Gasteiger partial charge in [-0.1, -0.05) is 90.1 Å². The van der Waals surface area contributed by atoms with Crippen molar-refractivity contribution in [1.29, 1.82) is 0 Å². The lowest BCUT2D eigenvalue weighted by Gasteiger charge is -2.32. The van der Waals surface area contributed by atoms with Crippen LogP contribution >= 0.6 is 35.0 Å². The number of nitrogens with one attached hydrogen (secondary N) is 1. The Hall–Kier alpha value is -2.47. The molecule has 38 heavy (non-hydrogen) atoms. The second-order valence-corrected chi connectivity index (χ2v) is 11.9. The molecule has 3 aromatic rings. The Labute approximate surface area is 240 Å². The monoisotopic (exact) mass is 568 g/mol. The molecule has 1 unspecified atom stereocenters. The topological polar surface area (TPSA) is 49.4 Å². The third kappa shape index (κ3) is 8.26.